The predicted octanol–water partition coefficient (Wildman–Crippen LogP) is 5.68. The molecule has 24 heavy (non-hydrogen) atoms. The molecule has 3 rings (SSSR count). The van der Waals surface area contributed by atoms with Crippen LogP contribution in [0, 0.1) is 11.3 Å². The Balaban J connectivity index is 1.89. The first kappa shape index (κ1) is 17.3. The Morgan fingerprint density at radius 3 is 2.33 bits per heavy atom. The number of hydrogen-bond donors (Lipinski definition) is 0. The number of benzene rings is 1. The zero-order valence-electron chi connectivity index (χ0n) is 15.2. The smallest absolute Gasteiger partial charge is 0.140 e. The topological polar surface area (TPSA) is 45.5 Å². The Morgan fingerprint density at radius 1 is 1.08 bits per heavy atom. The molecular formula is C21H29NO2. The van der Waals surface area contributed by atoms with E-state index < -0.39 is 0 Å². The first-order chi connectivity index (χ1) is 11.6. The van der Waals surface area contributed by atoms with Crippen molar-refractivity contribution in [2.24, 2.45) is 0 Å². The highest BCUT2D eigenvalue weighted by Crippen LogP contribution is 2.64. The van der Waals surface area contributed by atoms with E-state index in [4.69, 9.17) is 14.7 Å². The second-order valence-electron chi connectivity index (χ2n) is 7.48. The molecule has 0 bridgehead atoms. The molecule has 1 aromatic rings. The maximum Gasteiger partial charge on any atom is 0.140 e. The Hall–Kier alpha value is -1.53. The molecule has 0 aliphatic carbocycles. The molecule has 1 aromatic carbocycles. The summed E-state index contributed by atoms with van der Waals surface area (Å²) in [4.78, 5) is 0. The molecule has 3 nitrogen and oxygen atoms in total. The van der Waals surface area contributed by atoms with Crippen molar-refractivity contribution in [1.29, 1.82) is 5.26 Å². The summed E-state index contributed by atoms with van der Waals surface area (Å²) >= 11 is 0. The second kappa shape index (κ2) is 6.76. The molecule has 2 aliphatic rings. The van der Waals surface area contributed by atoms with Gasteiger partial charge in [0.2, 0.25) is 0 Å². The molecule has 0 radical (unpaired) electrons. The third-order valence-corrected chi connectivity index (χ3v) is 5.81. The Labute approximate surface area is 146 Å². The molecule has 2 atom stereocenters. The van der Waals surface area contributed by atoms with E-state index >= 15 is 0 Å². The molecule has 0 spiro atoms. The zero-order valence-corrected chi connectivity index (χ0v) is 15.2. The summed E-state index contributed by atoms with van der Waals surface area (Å²) in [6.45, 7) is 6.68. The highest BCUT2D eigenvalue weighted by Gasteiger charge is 2.70. The summed E-state index contributed by atoms with van der Waals surface area (Å²) in [5, 5.41) is 9.16. The molecule has 2 unspecified atom stereocenters. The lowest BCUT2D eigenvalue weighted by atomic mass is 9.74. The summed E-state index contributed by atoms with van der Waals surface area (Å²) < 4.78 is 12.9. The summed E-state index contributed by atoms with van der Waals surface area (Å²) in [5.41, 5.74) is 1.27. The van der Waals surface area contributed by atoms with Gasteiger partial charge in [-0.05, 0) is 50.8 Å². The molecule has 2 heterocycles. The van der Waals surface area contributed by atoms with Crippen LogP contribution in [0.1, 0.15) is 89.4 Å². The SMILES string of the molecule is CCCCCC1(CCCCC)Oc2ccc(C#N)cc2C2OC21C. The van der Waals surface area contributed by atoms with Gasteiger partial charge in [0.25, 0.3) is 0 Å². The number of fused-ring (bicyclic) bond motifs is 3. The third-order valence-electron chi connectivity index (χ3n) is 5.81. The Morgan fingerprint density at radius 2 is 1.75 bits per heavy atom. The van der Waals surface area contributed by atoms with E-state index in [1.807, 2.05) is 18.2 Å². The van der Waals surface area contributed by atoms with Gasteiger partial charge in [-0.15, -0.1) is 0 Å². The van der Waals surface area contributed by atoms with Crippen molar-refractivity contribution in [3.63, 3.8) is 0 Å². The van der Waals surface area contributed by atoms with E-state index in [-0.39, 0.29) is 17.3 Å². The van der Waals surface area contributed by atoms with Crippen LogP contribution in [0.5, 0.6) is 5.75 Å². The summed E-state index contributed by atoms with van der Waals surface area (Å²) in [6, 6.07) is 7.98. The lowest BCUT2D eigenvalue weighted by Gasteiger charge is -2.42. The van der Waals surface area contributed by atoms with E-state index in [1.165, 1.54) is 38.5 Å². The van der Waals surface area contributed by atoms with Crippen LogP contribution in [0.2, 0.25) is 0 Å². The second-order valence-corrected chi connectivity index (χ2v) is 7.48. The minimum Gasteiger partial charge on any atom is -0.484 e. The monoisotopic (exact) mass is 327 g/mol. The molecule has 2 aliphatic heterocycles. The van der Waals surface area contributed by atoms with E-state index in [2.05, 4.69) is 26.8 Å². The van der Waals surface area contributed by atoms with Gasteiger partial charge >= 0.3 is 0 Å². The highest BCUT2D eigenvalue weighted by atomic mass is 16.7. The minimum atomic E-state index is -0.241. The quantitative estimate of drug-likeness (QED) is 0.456. The van der Waals surface area contributed by atoms with E-state index in [0.717, 1.165) is 24.2 Å². The number of nitriles is 1. The van der Waals surface area contributed by atoms with Gasteiger partial charge in [0.15, 0.2) is 0 Å². The lowest BCUT2D eigenvalue weighted by molar-refractivity contribution is -0.0277. The van der Waals surface area contributed by atoms with Crippen molar-refractivity contribution in [1.82, 2.24) is 0 Å². The van der Waals surface area contributed by atoms with Crippen molar-refractivity contribution in [3.05, 3.63) is 29.3 Å². The van der Waals surface area contributed by atoms with Crippen LogP contribution < -0.4 is 4.74 Å². The normalized spacial score (nSPS) is 26.0. The summed E-state index contributed by atoms with van der Waals surface area (Å²) in [6.07, 6.45) is 9.45. The number of epoxide rings is 1. The Bertz CT molecular complexity index is 623. The van der Waals surface area contributed by atoms with Gasteiger partial charge in [-0.3, -0.25) is 0 Å². The van der Waals surface area contributed by atoms with Gasteiger partial charge in [0.1, 0.15) is 23.1 Å². The van der Waals surface area contributed by atoms with Crippen molar-refractivity contribution in [2.75, 3.05) is 0 Å². The molecule has 3 heteroatoms. The summed E-state index contributed by atoms with van der Waals surface area (Å²) in [5.74, 6) is 0.918. The first-order valence-corrected chi connectivity index (χ1v) is 9.51. The van der Waals surface area contributed by atoms with Gasteiger partial charge in [-0.2, -0.15) is 5.26 Å². The fourth-order valence-electron chi connectivity index (χ4n) is 4.19. The molecule has 130 valence electrons. The number of hydrogen-bond acceptors (Lipinski definition) is 3. The van der Waals surface area contributed by atoms with Crippen LogP contribution in [-0.2, 0) is 4.74 Å². The van der Waals surface area contributed by atoms with E-state index in [0.29, 0.717) is 5.56 Å². The number of unbranched alkanes of at least 4 members (excludes halogenated alkanes) is 4. The maximum atomic E-state index is 9.16. The van der Waals surface area contributed by atoms with Crippen LogP contribution in [0.4, 0.5) is 0 Å². The van der Waals surface area contributed by atoms with Crippen molar-refractivity contribution in [2.45, 2.75) is 89.4 Å². The molecule has 0 aromatic heterocycles. The third kappa shape index (κ3) is 2.82. The van der Waals surface area contributed by atoms with Crippen molar-refractivity contribution < 1.29 is 9.47 Å². The molecule has 0 amide bonds. The van der Waals surface area contributed by atoms with Gasteiger partial charge in [-0.1, -0.05) is 39.5 Å². The van der Waals surface area contributed by atoms with Crippen LogP contribution in [0.25, 0.3) is 0 Å². The molecule has 1 saturated heterocycles. The van der Waals surface area contributed by atoms with Gasteiger partial charge in [-0.25, -0.2) is 0 Å². The standard InChI is InChI=1S/C21H29NO2/c1-4-6-8-12-21(13-9-7-5-2)20(3)19(24-20)17-14-16(15-22)10-11-18(17)23-21/h10-11,14,19H,4-9,12-13H2,1-3H3. The highest BCUT2D eigenvalue weighted by molar-refractivity contribution is 5.49. The molecule has 0 N–H and O–H groups in total. The van der Waals surface area contributed by atoms with E-state index in [9.17, 15) is 0 Å². The van der Waals surface area contributed by atoms with Crippen LogP contribution in [0.3, 0.4) is 0 Å². The Kier molecular flexibility index (Phi) is 4.88. The summed E-state index contributed by atoms with van der Waals surface area (Å²) in [7, 11) is 0. The first-order valence-electron chi connectivity index (χ1n) is 9.51. The van der Waals surface area contributed by atoms with Gasteiger partial charge in [0, 0.05) is 5.56 Å². The minimum absolute atomic E-state index is 0.0813. The molecular weight excluding hydrogens is 298 g/mol. The maximum absolute atomic E-state index is 9.16. The van der Waals surface area contributed by atoms with Crippen molar-refractivity contribution >= 4 is 0 Å². The zero-order chi connectivity index (χ0) is 17.2. The molecule has 1 fully saturated rings. The average molecular weight is 327 g/mol. The van der Waals surface area contributed by atoms with Crippen LogP contribution in [-0.4, -0.2) is 11.2 Å². The number of rotatable bonds is 8. The van der Waals surface area contributed by atoms with Crippen LogP contribution in [0.15, 0.2) is 18.2 Å². The average Bonchev–Trinajstić information content (AvgIpc) is 3.29. The largest absolute Gasteiger partial charge is 0.484 e. The van der Waals surface area contributed by atoms with Gasteiger partial charge < -0.3 is 9.47 Å². The van der Waals surface area contributed by atoms with Gasteiger partial charge in [0.05, 0.1) is 11.6 Å². The number of ether oxygens (including phenoxy) is 2. The fraction of sp³-hybridized carbons (Fsp3) is 0.667. The van der Waals surface area contributed by atoms with Crippen molar-refractivity contribution in [3.8, 4) is 11.8 Å². The lowest BCUT2D eigenvalue weighted by Crippen LogP contribution is -2.51. The predicted molar refractivity (Wildman–Crippen MR) is 95.0 cm³/mol. The number of nitrogens with zero attached hydrogens (tertiary/aromatic N) is 1. The molecule has 0 saturated carbocycles. The van der Waals surface area contributed by atoms with E-state index in [1.54, 1.807) is 0 Å². The van der Waals surface area contributed by atoms with Crippen LogP contribution >= 0.6 is 0 Å². The fourth-order valence-corrected chi connectivity index (χ4v) is 4.19.